The zero-order chi connectivity index (χ0) is 17.0. The van der Waals surface area contributed by atoms with Crippen molar-refractivity contribution in [3.63, 3.8) is 0 Å². The predicted molar refractivity (Wildman–Crippen MR) is 94.8 cm³/mol. The Morgan fingerprint density at radius 1 is 1.04 bits per heavy atom. The van der Waals surface area contributed by atoms with Gasteiger partial charge in [0, 0.05) is 18.1 Å². The molecule has 1 amide bonds. The van der Waals surface area contributed by atoms with Crippen LogP contribution in [0, 0.1) is 0 Å². The lowest BCUT2D eigenvalue weighted by molar-refractivity contribution is 0.0548. The highest BCUT2D eigenvalue weighted by Gasteiger charge is 2.16. The molecule has 0 fully saturated rings. The lowest BCUT2D eigenvalue weighted by atomic mass is 10.2. The zero-order valence-corrected chi connectivity index (χ0v) is 13.7. The van der Waals surface area contributed by atoms with Crippen molar-refractivity contribution in [3.05, 3.63) is 72.7 Å². The van der Waals surface area contributed by atoms with Crippen LogP contribution in [-0.4, -0.2) is 17.9 Å². The first-order valence-corrected chi connectivity index (χ1v) is 7.29. The molecule has 1 aliphatic rings. The molecular formula is C18H23N3O2. The predicted octanol–water partition coefficient (Wildman–Crippen LogP) is 3.72. The van der Waals surface area contributed by atoms with Crippen LogP contribution in [0.1, 0.15) is 20.8 Å². The van der Waals surface area contributed by atoms with Gasteiger partial charge in [0.2, 0.25) is 0 Å². The molecule has 0 saturated heterocycles. The number of nitrogens with zero attached hydrogens (tertiary/aromatic N) is 1. The second kappa shape index (κ2) is 10.00. The van der Waals surface area contributed by atoms with Crippen molar-refractivity contribution in [3.8, 4) is 0 Å². The molecule has 1 aliphatic heterocycles. The van der Waals surface area contributed by atoms with Crippen molar-refractivity contribution in [2.75, 3.05) is 0 Å². The quantitative estimate of drug-likeness (QED) is 0.775. The first-order chi connectivity index (χ1) is 11.0. The van der Waals surface area contributed by atoms with Crippen molar-refractivity contribution in [2.45, 2.75) is 26.4 Å². The van der Waals surface area contributed by atoms with E-state index in [4.69, 9.17) is 4.74 Å². The second-order valence-corrected chi connectivity index (χ2v) is 5.53. The molecule has 5 nitrogen and oxygen atoms in total. The summed E-state index contributed by atoms with van der Waals surface area (Å²) in [5.74, 6) is 0. The Kier molecular flexibility index (Phi) is 7.92. The van der Waals surface area contributed by atoms with E-state index in [1.807, 2.05) is 63.3 Å². The molecule has 1 rings (SSSR count). The number of allylic oxidation sites excluding steroid dienone is 10. The Labute approximate surface area is 137 Å². The summed E-state index contributed by atoms with van der Waals surface area (Å²) in [6.07, 6.45) is 21.1. The van der Waals surface area contributed by atoms with Crippen LogP contribution < -0.4 is 10.7 Å². The maximum Gasteiger partial charge on any atom is 0.412 e. The summed E-state index contributed by atoms with van der Waals surface area (Å²) in [4.78, 5) is 11.8. The van der Waals surface area contributed by atoms with E-state index < -0.39 is 11.7 Å². The molecule has 0 radical (unpaired) electrons. The van der Waals surface area contributed by atoms with E-state index in [1.165, 1.54) is 0 Å². The highest BCUT2D eigenvalue weighted by molar-refractivity contribution is 5.74. The standard InChI is InChI=1S/C18H23N3O2/c1-18(2,3)23-17(22)21-16-12-9-7-5-4-6-8-10-14-19-20-15-11-13-16/h4-15,19H,1-3H3,(H,21,22). The minimum atomic E-state index is -0.545. The van der Waals surface area contributed by atoms with Crippen molar-refractivity contribution in [2.24, 2.45) is 5.10 Å². The molecule has 0 aromatic rings. The average molecular weight is 313 g/mol. The van der Waals surface area contributed by atoms with Crippen LogP contribution in [0.3, 0.4) is 0 Å². The first-order valence-electron chi connectivity index (χ1n) is 7.29. The Balaban J connectivity index is 2.83. The summed E-state index contributed by atoms with van der Waals surface area (Å²) in [7, 11) is 0. The largest absolute Gasteiger partial charge is 0.444 e. The van der Waals surface area contributed by atoms with Crippen LogP contribution in [0.2, 0.25) is 0 Å². The lowest BCUT2D eigenvalue weighted by Crippen LogP contribution is -2.31. The van der Waals surface area contributed by atoms with Crippen LogP contribution in [-0.2, 0) is 4.74 Å². The normalized spacial score (nSPS) is 15.3. The Hall–Kier alpha value is -2.82. The molecule has 0 aromatic carbocycles. The molecule has 1 heterocycles. The molecule has 5 heteroatoms. The Morgan fingerprint density at radius 2 is 1.70 bits per heavy atom. The summed E-state index contributed by atoms with van der Waals surface area (Å²) in [6.45, 7) is 5.45. The van der Waals surface area contributed by atoms with Crippen LogP contribution >= 0.6 is 0 Å². The van der Waals surface area contributed by atoms with Crippen LogP contribution in [0.4, 0.5) is 4.79 Å². The first kappa shape index (κ1) is 18.2. The molecule has 23 heavy (non-hydrogen) atoms. The molecule has 2 N–H and O–H groups in total. The number of carbonyl (C=O) groups excluding carboxylic acids is 1. The monoisotopic (exact) mass is 313 g/mol. The number of ether oxygens (including phenoxy) is 1. The van der Waals surface area contributed by atoms with Gasteiger partial charge in [0.25, 0.3) is 0 Å². The van der Waals surface area contributed by atoms with Gasteiger partial charge < -0.3 is 4.74 Å². The summed E-state index contributed by atoms with van der Waals surface area (Å²) in [5, 5.41) is 6.66. The van der Waals surface area contributed by atoms with Crippen molar-refractivity contribution < 1.29 is 9.53 Å². The van der Waals surface area contributed by atoms with E-state index in [0.717, 1.165) is 0 Å². The molecule has 122 valence electrons. The minimum absolute atomic E-state index is 0.504. The fourth-order valence-corrected chi connectivity index (χ4v) is 1.41. The van der Waals surface area contributed by atoms with Gasteiger partial charge in [-0.25, -0.2) is 4.79 Å². The second-order valence-electron chi connectivity index (χ2n) is 5.53. The third-order valence-corrected chi connectivity index (χ3v) is 2.27. The Morgan fingerprint density at radius 3 is 2.39 bits per heavy atom. The number of nitrogens with one attached hydrogen (secondary N) is 2. The number of hydrogen-bond donors (Lipinski definition) is 2. The minimum Gasteiger partial charge on any atom is -0.444 e. The molecule has 0 saturated carbocycles. The van der Waals surface area contributed by atoms with Crippen molar-refractivity contribution in [1.29, 1.82) is 0 Å². The van der Waals surface area contributed by atoms with Gasteiger partial charge >= 0.3 is 6.09 Å². The van der Waals surface area contributed by atoms with Crippen LogP contribution in [0.15, 0.2) is 77.8 Å². The van der Waals surface area contributed by atoms with Crippen LogP contribution in [0.25, 0.3) is 0 Å². The number of rotatable bonds is 1. The number of carbonyl (C=O) groups is 1. The fourth-order valence-electron chi connectivity index (χ4n) is 1.41. The zero-order valence-electron chi connectivity index (χ0n) is 13.7. The highest BCUT2D eigenvalue weighted by Crippen LogP contribution is 2.07. The van der Waals surface area contributed by atoms with E-state index in [2.05, 4.69) is 15.8 Å². The SMILES string of the molecule is CC(C)(C)OC(=O)NC1=CC=CC=CC=CC=CNN=CC=C1. The van der Waals surface area contributed by atoms with E-state index >= 15 is 0 Å². The molecule has 0 bridgehead atoms. The summed E-state index contributed by atoms with van der Waals surface area (Å²) >= 11 is 0. The van der Waals surface area contributed by atoms with Crippen molar-refractivity contribution >= 4 is 12.3 Å². The van der Waals surface area contributed by atoms with Gasteiger partial charge in [-0.1, -0.05) is 36.5 Å². The van der Waals surface area contributed by atoms with Gasteiger partial charge in [-0.15, -0.1) is 0 Å². The molecule has 0 spiro atoms. The average Bonchev–Trinajstić information content (AvgIpc) is 2.45. The molecule has 0 aliphatic carbocycles. The topological polar surface area (TPSA) is 62.7 Å². The van der Waals surface area contributed by atoms with Crippen molar-refractivity contribution in [1.82, 2.24) is 10.7 Å². The third kappa shape index (κ3) is 10.5. The molecular weight excluding hydrogens is 290 g/mol. The number of alkyl carbamates (subject to hydrolysis) is 1. The fraction of sp³-hybridized carbons (Fsp3) is 0.222. The van der Waals surface area contributed by atoms with Gasteiger partial charge in [-0.05, 0) is 45.1 Å². The van der Waals surface area contributed by atoms with Gasteiger partial charge in [0.05, 0.1) is 0 Å². The molecule has 0 atom stereocenters. The van der Waals surface area contributed by atoms with Crippen LogP contribution in [0.5, 0.6) is 0 Å². The van der Waals surface area contributed by atoms with Gasteiger partial charge in [-0.3, -0.25) is 10.7 Å². The summed E-state index contributed by atoms with van der Waals surface area (Å²) in [5.41, 5.74) is 2.81. The van der Waals surface area contributed by atoms with Gasteiger partial charge in [-0.2, -0.15) is 5.10 Å². The molecule has 0 unspecified atom stereocenters. The van der Waals surface area contributed by atoms with E-state index in [9.17, 15) is 4.79 Å². The Bertz CT molecular complexity index is 586. The van der Waals surface area contributed by atoms with Gasteiger partial charge in [0.15, 0.2) is 0 Å². The molecule has 0 aromatic heterocycles. The third-order valence-electron chi connectivity index (χ3n) is 2.27. The number of hydrazone groups is 1. The van der Waals surface area contributed by atoms with E-state index in [0.29, 0.717) is 5.70 Å². The maximum atomic E-state index is 11.8. The van der Waals surface area contributed by atoms with E-state index in [-0.39, 0.29) is 0 Å². The smallest absolute Gasteiger partial charge is 0.412 e. The van der Waals surface area contributed by atoms with Gasteiger partial charge in [0.1, 0.15) is 5.60 Å². The number of hydrogen-bond acceptors (Lipinski definition) is 4. The lowest BCUT2D eigenvalue weighted by Gasteiger charge is -2.19. The van der Waals surface area contributed by atoms with E-state index in [1.54, 1.807) is 30.6 Å². The maximum absolute atomic E-state index is 11.8. The summed E-state index contributed by atoms with van der Waals surface area (Å²) in [6, 6.07) is 0. The highest BCUT2D eigenvalue weighted by atomic mass is 16.6. The number of amides is 1. The summed E-state index contributed by atoms with van der Waals surface area (Å²) < 4.78 is 5.24.